The molecule has 1 aliphatic heterocycles. The second-order valence-corrected chi connectivity index (χ2v) is 4.28. The average Bonchev–Trinajstić information content (AvgIpc) is 2.70. The number of carboxylic acids is 1. The van der Waals surface area contributed by atoms with Crippen LogP contribution in [0.1, 0.15) is 18.4 Å². The van der Waals surface area contributed by atoms with Gasteiger partial charge >= 0.3 is 12.1 Å². The molecule has 1 unspecified atom stereocenters. The minimum absolute atomic E-state index is 0.0482. The lowest BCUT2D eigenvalue weighted by molar-refractivity contribution is -0.137. The number of rotatable bonds is 5. The van der Waals surface area contributed by atoms with Crippen LogP contribution in [0.3, 0.4) is 0 Å². The lowest BCUT2D eigenvalue weighted by atomic mass is 10.1. The van der Waals surface area contributed by atoms with Crippen LogP contribution in [0.5, 0.6) is 0 Å². The molecule has 0 saturated carbocycles. The fourth-order valence-corrected chi connectivity index (χ4v) is 1.99. The highest BCUT2D eigenvalue weighted by atomic mass is 16.6. The number of carbonyl (C=O) groups is 2. The summed E-state index contributed by atoms with van der Waals surface area (Å²) in [4.78, 5) is 23.7. The molecule has 18 heavy (non-hydrogen) atoms. The SMILES string of the molecule is O=C(O)CCC1COC(=O)N1Cc1ccccc1. The van der Waals surface area contributed by atoms with Gasteiger partial charge in [-0.25, -0.2) is 4.79 Å². The number of nitrogens with zero attached hydrogens (tertiary/aromatic N) is 1. The van der Waals surface area contributed by atoms with E-state index in [0.717, 1.165) is 5.56 Å². The van der Waals surface area contributed by atoms with Crippen LogP contribution in [0.25, 0.3) is 0 Å². The standard InChI is InChI=1S/C13H15NO4/c15-12(16)7-6-11-9-18-13(17)14(11)8-10-4-2-1-3-5-10/h1-5,11H,6-9H2,(H,15,16). The maximum absolute atomic E-state index is 11.6. The minimum atomic E-state index is -0.853. The Labute approximate surface area is 105 Å². The average molecular weight is 249 g/mol. The molecule has 0 spiro atoms. The Morgan fingerprint density at radius 2 is 2.11 bits per heavy atom. The summed E-state index contributed by atoms with van der Waals surface area (Å²) in [6, 6.07) is 9.44. The van der Waals surface area contributed by atoms with E-state index in [4.69, 9.17) is 9.84 Å². The van der Waals surface area contributed by atoms with E-state index in [1.54, 1.807) is 4.90 Å². The van der Waals surface area contributed by atoms with Gasteiger partial charge in [0.2, 0.25) is 0 Å². The molecule has 1 atom stereocenters. The van der Waals surface area contributed by atoms with E-state index in [1.807, 2.05) is 30.3 Å². The Bertz CT molecular complexity index is 432. The molecule has 1 N–H and O–H groups in total. The number of cyclic esters (lactones) is 1. The summed E-state index contributed by atoms with van der Waals surface area (Å²) in [5, 5.41) is 8.67. The molecule has 1 heterocycles. The van der Waals surface area contributed by atoms with E-state index in [0.29, 0.717) is 13.0 Å². The second kappa shape index (κ2) is 5.53. The summed E-state index contributed by atoms with van der Waals surface area (Å²) in [5.74, 6) is -0.853. The van der Waals surface area contributed by atoms with Crippen molar-refractivity contribution < 1.29 is 19.4 Å². The number of aliphatic carboxylic acids is 1. The topological polar surface area (TPSA) is 66.8 Å². The van der Waals surface area contributed by atoms with Gasteiger partial charge in [0.25, 0.3) is 0 Å². The molecule has 2 rings (SSSR count). The summed E-state index contributed by atoms with van der Waals surface area (Å²) in [6.45, 7) is 0.739. The molecule has 0 aliphatic carbocycles. The molecular formula is C13H15NO4. The van der Waals surface area contributed by atoms with Crippen molar-refractivity contribution in [2.24, 2.45) is 0 Å². The zero-order valence-corrected chi connectivity index (χ0v) is 9.91. The molecule has 1 fully saturated rings. The van der Waals surface area contributed by atoms with Gasteiger partial charge in [0.1, 0.15) is 6.61 Å². The number of hydrogen-bond acceptors (Lipinski definition) is 3. The van der Waals surface area contributed by atoms with Crippen molar-refractivity contribution in [3.8, 4) is 0 Å². The summed E-state index contributed by atoms with van der Waals surface area (Å²) in [5.41, 5.74) is 1.01. The first-order chi connectivity index (χ1) is 8.66. The maximum Gasteiger partial charge on any atom is 0.410 e. The van der Waals surface area contributed by atoms with Crippen molar-refractivity contribution in [3.63, 3.8) is 0 Å². The van der Waals surface area contributed by atoms with Gasteiger partial charge in [-0.2, -0.15) is 0 Å². The van der Waals surface area contributed by atoms with Gasteiger partial charge in [0.05, 0.1) is 6.04 Å². The normalized spacial score (nSPS) is 18.8. The highest BCUT2D eigenvalue weighted by molar-refractivity contribution is 5.71. The summed E-state index contributed by atoms with van der Waals surface area (Å²) in [6.07, 6.45) is 0.106. The van der Waals surface area contributed by atoms with Crippen LogP contribution in [-0.4, -0.2) is 34.7 Å². The second-order valence-electron chi connectivity index (χ2n) is 4.28. The van der Waals surface area contributed by atoms with E-state index in [1.165, 1.54) is 0 Å². The fourth-order valence-electron chi connectivity index (χ4n) is 1.99. The third-order valence-electron chi connectivity index (χ3n) is 2.96. The zero-order valence-electron chi connectivity index (χ0n) is 9.91. The van der Waals surface area contributed by atoms with E-state index in [9.17, 15) is 9.59 Å². The maximum atomic E-state index is 11.6. The Balaban J connectivity index is 1.99. The van der Waals surface area contributed by atoms with Crippen molar-refractivity contribution in [1.82, 2.24) is 4.90 Å². The van der Waals surface area contributed by atoms with Gasteiger partial charge in [-0.1, -0.05) is 30.3 Å². The lowest BCUT2D eigenvalue weighted by Gasteiger charge is -2.20. The molecular weight excluding hydrogens is 234 g/mol. The Morgan fingerprint density at radius 1 is 1.39 bits per heavy atom. The molecule has 1 amide bonds. The van der Waals surface area contributed by atoms with Crippen molar-refractivity contribution >= 4 is 12.1 Å². The summed E-state index contributed by atoms with van der Waals surface area (Å²) < 4.78 is 4.98. The molecule has 1 aromatic carbocycles. The van der Waals surface area contributed by atoms with E-state index in [2.05, 4.69) is 0 Å². The highest BCUT2D eigenvalue weighted by Crippen LogP contribution is 2.19. The molecule has 0 radical (unpaired) electrons. The van der Waals surface area contributed by atoms with Crippen molar-refractivity contribution in [2.45, 2.75) is 25.4 Å². The van der Waals surface area contributed by atoms with Gasteiger partial charge < -0.3 is 9.84 Å². The zero-order chi connectivity index (χ0) is 13.0. The molecule has 1 aromatic rings. The minimum Gasteiger partial charge on any atom is -0.481 e. The van der Waals surface area contributed by atoms with Crippen LogP contribution in [0.15, 0.2) is 30.3 Å². The number of benzene rings is 1. The Morgan fingerprint density at radius 3 is 2.78 bits per heavy atom. The van der Waals surface area contributed by atoms with Crippen LogP contribution in [0, 0.1) is 0 Å². The fraction of sp³-hybridized carbons (Fsp3) is 0.385. The molecule has 5 nitrogen and oxygen atoms in total. The third kappa shape index (κ3) is 3.00. The van der Waals surface area contributed by atoms with Gasteiger partial charge in [0.15, 0.2) is 0 Å². The monoisotopic (exact) mass is 249 g/mol. The molecule has 5 heteroatoms. The molecule has 1 saturated heterocycles. The number of amides is 1. The largest absolute Gasteiger partial charge is 0.481 e. The molecule has 96 valence electrons. The highest BCUT2D eigenvalue weighted by Gasteiger charge is 2.32. The van der Waals surface area contributed by atoms with Crippen LogP contribution in [-0.2, 0) is 16.1 Å². The lowest BCUT2D eigenvalue weighted by Crippen LogP contribution is -2.33. The van der Waals surface area contributed by atoms with Gasteiger partial charge in [-0.3, -0.25) is 9.69 Å². The van der Waals surface area contributed by atoms with Crippen molar-refractivity contribution in [3.05, 3.63) is 35.9 Å². The van der Waals surface area contributed by atoms with Crippen molar-refractivity contribution in [2.75, 3.05) is 6.61 Å². The van der Waals surface area contributed by atoms with Crippen LogP contribution < -0.4 is 0 Å². The van der Waals surface area contributed by atoms with Gasteiger partial charge in [-0.15, -0.1) is 0 Å². The Hall–Kier alpha value is -2.04. The third-order valence-corrected chi connectivity index (χ3v) is 2.96. The van der Waals surface area contributed by atoms with Crippen LogP contribution in [0.2, 0.25) is 0 Å². The quantitative estimate of drug-likeness (QED) is 0.865. The predicted molar refractivity (Wildman–Crippen MR) is 64.0 cm³/mol. The number of carboxylic acid groups (broad SMARTS) is 1. The first kappa shape index (κ1) is 12.4. The first-order valence-electron chi connectivity index (χ1n) is 5.86. The number of carbonyl (C=O) groups excluding carboxylic acids is 1. The van der Waals surface area contributed by atoms with Gasteiger partial charge in [-0.05, 0) is 12.0 Å². The number of hydrogen-bond donors (Lipinski definition) is 1. The van der Waals surface area contributed by atoms with Crippen LogP contribution >= 0.6 is 0 Å². The van der Waals surface area contributed by atoms with E-state index in [-0.39, 0.29) is 25.2 Å². The van der Waals surface area contributed by atoms with Crippen LogP contribution in [0.4, 0.5) is 4.79 Å². The molecule has 0 aromatic heterocycles. The predicted octanol–water partition coefficient (Wildman–Crippen LogP) is 1.87. The number of ether oxygens (including phenoxy) is 1. The summed E-state index contributed by atoms with van der Waals surface area (Å²) in [7, 11) is 0. The smallest absolute Gasteiger partial charge is 0.410 e. The Kier molecular flexibility index (Phi) is 3.82. The molecule has 1 aliphatic rings. The van der Waals surface area contributed by atoms with Gasteiger partial charge in [0, 0.05) is 13.0 Å². The van der Waals surface area contributed by atoms with E-state index < -0.39 is 5.97 Å². The first-order valence-corrected chi connectivity index (χ1v) is 5.86. The van der Waals surface area contributed by atoms with Crippen molar-refractivity contribution in [1.29, 1.82) is 0 Å². The van der Waals surface area contributed by atoms with E-state index >= 15 is 0 Å². The molecule has 0 bridgehead atoms. The summed E-state index contributed by atoms with van der Waals surface area (Å²) >= 11 is 0.